The van der Waals surface area contributed by atoms with Gasteiger partial charge in [0.05, 0.1) is 5.69 Å². The van der Waals surface area contributed by atoms with Gasteiger partial charge >= 0.3 is 0 Å². The second kappa shape index (κ2) is 6.68. The predicted octanol–water partition coefficient (Wildman–Crippen LogP) is 3.48. The van der Waals surface area contributed by atoms with E-state index >= 15 is 0 Å². The van der Waals surface area contributed by atoms with Gasteiger partial charge in [0.1, 0.15) is 11.9 Å². The molecule has 4 heteroatoms. The maximum absolute atomic E-state index is 12.2. The van der Waals surface area contributed by atoms with Gasteiger partial charge in [0.15, 0.2) is 0 Å². The molecule has 1 aromatic heterocycles. The zero-order valence-electron chi connectivity index (χ0n) is 13.0. The summed E-state index contributed by atoms with van der Waals surface area (Å²) in [5.74, 6) is 0.834. The summed E-state index contributed by atoms with van der Waals surface area (Å²) in [6, 6.07) is 9.76. The van der Waals surface area contributed by atoms with Crippen molar-refractivity contribution >= 4 is 0 Å². The highest BCUT2D eigenvalue weighted by molar-refractivity contribution is 5.62. The van der Waals surface area contributed by atoms with Crippen LogP contribution in [0.15, 0.2) is 35.1 Å². The van der Waals surface area contributed by atoms with E-state index in [9.17, 15) is 4.79 Å². The fraction of sp³-hybridized carbons (Fsp3) is 0.412. The summed E-state index contributed by atoms with van der Waals surface area (Å²) in [7, 11) is 0. The van der Waals surface area contributed by atoms with Crippen LogP contribution in [-0.2, 0) is 4.74 Å². The number of ether oxygens (including phenoxy) is 1. The Labute approximate surface area is 125 Å². The average molecular weight is 286 g/mol. The lowest BCUT2D eigenvalue weighted by atomic mass is 10.0. The molecule has 2 aromatic rings. The van der Waals surface area contributed by atoms with Crippen LogP contribution >= 0.6 is 0 Å². The maximum Gasteiger partial charge on any atom is 0.254 e. The molecule has 2 rings (SSSR count). The zero-order valence-corrected chi connectivity index (χ0v) is 13.0. The Balaban J connectivity index is 2.55. The molecule has 0 aliphatic rings. The third-order valence-electron chi connectivity index (χ3n) is 3.44. The van der Waals surface area contributed by atoms with E-state index in [1.165, 1.54) is 0 Å². The fourth-order valence-electron chi connectivity index (χ4n) is 2.33. The molecule has 0 saturated heterocycles. The highest BCUT2D eigenvalue weighted by Crippen LogP contribution is 2.25. The van der Waals surface area contributed by atoms with Gasteiger partial charge in [-0.2, -0.15) is 0 Å². The molecule has 1 aromatic carbocycles. The minimum absolute atomic E-state index is 0.107. The monoisotopic (exact) mass is 286 g/mol. The van der Waals surface area contributed by atoms with Gasteiger partial charge < -0.3 is 9.72 Å². The predicted molar refractivity (Wildman–Crippen MR) is 84.2 cm³/mol. The van der Waals surface area contributed by atoms with E-state index in [1.807, 2.05) is 37.3 Å². The van der Waals surface area contributed by atoms with Crippen LogP contribution in [0.4, 0.5) is 0 Å². The molecule has 0 aliphatic carbocycles. The van der Waals surface area contributed by atoms with Crippen molar-refractivity contribution in [2.45, 2.75) is 33.8 Å². The number of aromatic nitrogens is 2. The van der Waals surface area contributed by atoms with Gasteiger partial charge in [-0.1, -0.05) is 44.2 Å². The van der Waals surface area contributed by atoms with E-state index in [0.29, 0.717) is 18.0 Å². The molecule has 1 heterocycles. The van der Waals surface area contributed by atoms with Crippen LogP contribution in [-0.4, -0.2) is 16.6 Å². The van der Waals surface area contributed by atoms with Gasteiger partial charge in [0, 0.05) is 17.7 Å². The molecule has 0 spiro atoms. The minimum atomic E-state index is -0.203. The molecule has 1 N–H and O–H groups in total. The van der Waals surface area contributed by atoms with Crippen molar-refractivity contribution in [3.63, 3.8) is 0 Å². The number of aromatic amines is 1. The second-order valence-electron chi connectivity index (χ2n) is 5.41. The van der Waals surface area contributed by atoms with Crippen molar-refractivity contribution in [1.29, 1.82) is 0 Å². The maximum atomic E-state index is 12.2. The first-order valence-corrected chi connectivity index (χ1v) is 7.32. The Bertz CT molecular complexity index is 648. The normalized spacial score (nSPS) is 12.6. The van der Waals surface area contributed by atoms with Gasteiger partial charge in [-0.3, -0.25) is 4.79 Å². The summed E-state index contributed by atoms with van der Waals surface area (Å²) in [5, 5.41) is 0. The van der Waals surface area contributed by atoms with E-state index in [1.54, 1.807) is 6.92 Å². The Kier molecular flexibility index (Phi) is 4.91. The number of rotatable bonds is 5. The summed E-state index contributed by atoms with van der Waals surface area (Å²) in [6.45, 7) is 8.44. The van der Waals surface area contributed by atoms with Crippen molar-refractivity contribution in [2.24, 2.45) is 5.92 Å². The van der Waals surface area contributed by atoms with Crippen LogP contribution in [0, 0.1) is 12.8 Å². The van der Waals surface area contributed by atoms with E-state index in [0.717, 1.165) is 11.3 Å². The van der Waals surface area contributed by atoms with Gasteiger partial charge in [-0.25, -0.2) is 4.98 Å². The minimum Gasteiger partial charge on any atom is -0.370 e. The molecule has 21 heavy (non-hydrogen) atoms. The molecule has 1 atom stereocenters. The average Bonchev–Trinajstić information content (AvgIpc) is 2.48. The lowest BCUT2D eigenvalue weighted by Crippen LogP contribution is -2.22. The van der Waals surface area contributed by atoms with Crippen LogP contribution in [0.3, 0.4) is 0 Å². The summed E-state index contributed by atoms with van der Waals surface area (Å²) >= 11 is 0. The number of benzene rings is 1. The Morgan fingerprint density at radius 1 is 1.24 bits per heavy atom. The Hall–Kier alpha value is -1.94. The standard InChI is InChI=1S/C17H22N2O2/c1-5-21-15(11(2)3)16-18-14(12(4)17(20)19-16)13-9-7-6-8-10-13/h6-11,15H,5H2,1-4H3,(H,18,19,20). The molecule has 4 nitrogen and oxygen atoms in total. The lowest BCUT2D eigenvalue weighted by Gasteiger charge is -2.20. The molecular weight excluding hydrogens is 264 g/mol. The van der Waals surface area contributed by atoms with Crippen molar-refractivity contribution in [2.75, 3.05) is 6.61 Å². The Morgan fingerprint density at radius 3 is 2.48 bits per heavy atom. The summed E-state index contributed by atoms with van der Waals surface area (Å²) in [4.78, 5) is 19.7. The summed E-state index contributed by atoms with van der Waals surface area (Å²) in [6.07, 6.45) is -0.203. The molecule has 0 aliphatic heterocycles. The van der Waals surface area contributed by atoms with Gasteiger partial charge in [-0.15, -0.1) is 0 Å². The number of hydrogen-bond donors (Lipinski definition) is 1. The number of hydrogen-bond acceptors (Lipinski definition) is 3. The Morgan fingerprint density at radius 2 is 1.90 bits per heavy atom. The highest BCUT2D eigenvalue weighted by Gasteiger charge is 2.21. The van der Waals surface area contributed by atoms with E-state index in [4.69, 9.17) is 4.74 Å². The van der Waals surface area contributed by atoms with E-state index < -0.39 is 0 Å². The summed E-state index contributed by atoms with van der Waals surface area (Å²) in [5.41, 5.74) is 2.19. The number of nitrogens with zero attached hydrogens (tertiary/aromatic N) is 1. The molecule has 0 radical (unpaired) electrons. The molecule has 0 saturated carbocycles. The molecular formula is C17H22N2O2. The van der Waals surface area contributed by atoms with Crippen LogP contribution in [0.2, 0.25) is 0 Å². The highest BCUT2D eigenvalue weighted by atomic mass is 16.5. The molecule has 0 bridgehead atoms. The first-order valence-electron chi connectivity index (χ1n) is 7.32. The van der Waals surface area contributed by atoms with Gasteiger partial charge in [-0.05, 0) is 19.8 Å². The molecule has 0 amide bonds. The number of nitrogens with one attached hydrogen (secondary N) is 1. The quantitative estimate of drug-likeness (QED) is 0.915. The fourth-order valence-corrected chi connectivity index (χ4v) is 2.33. The molecule has 112 valence electrons. The van der Waals surface area contributed by atoms with Crippen LogP contribution in [0.1, 0.15) is 38.3 Å². The second-order valence-corrected chi connectivity index (χ2v) is 5.41. The van der Waals surface area contributed by atoms with Crippen molar-refractivity contribution in [3.8, 4) is 11.3 Å². The van der Waals surface area contributed by atoms with Crippen LogP contribution in [0.25, 0.3) is 11.3 Å². The zero-order chi connectivity index (χ0) is 15.4. The van der Waals surface area contributed by atoms with Crippen LogP contribution < -0.4 is 5.56 Å². The molecule has 1 unspecified atom stereocenters. The largest absolute Gasteiger partial charge is 0.370 e. The topological polar surface area (TPSA) is 55.0 Å². The summed E-state index contributed by atoms with van der Waals surface area (Å²) < 4.78 is 5.74. The van der Waals surface area contributed by atoms with Crippen LogP contribution in [0.5, 0.6) is 0 Å². The van der Waals surface area contributed by atoms with Crippen molar-refractivity contribution in [3.05, 3.63) is 52.1 Å². The third-order valence-corrected chi connectivity index (χ3v) is 3.44. The van der Waals surface area contributed by atoms with Crippen molar-refractivity contribution < 1.29 is 4.74 Å². The smallest absolute Gasteiger partial charge is 0.254 e. The SMILES string of the molecule is CCOC(c1nc(-c2ccccc2)c(C)c(=O)[nH]1)C(C)C. The van der Waals surface area contributed by atoms with Gasteiger partial charge in [0.25, 0.3) is 5.56 Å². The lowest BCUT2D eigenvalue weighted by molar-refractivity contribution is 0.0231. The van der Waals surface area contributed by atoms with E-state index in [-0.39, 0.29) is 17.6 Å². The van der Waals surface area contributed by atoms with Gasteiger partial charge in [0.2, 0.25) is 0 Å². The molecule has 0 fully saturated rings. The van der Waals surface area contributed by atoms with Crippen molar-refractivity contribution in [1.82, 2.24) is 9.97 Å². The van der Waals surface area contributed by atoms with E-state index in [2.05, 4.69) is 23.8 Å². The third kappa shape index (κ3) is 3.39. The number of H-pyrrole nitrogens is 1. The first kappa shape index (κ1) is 15.4. The first-order chi connectivity index (χ1) is 10.0.